The van der Waals surface area contributed by atoms with Crippen molar-refractivity contribution in [3.63, 3.8) is 0 Å². The number of rotatable bonds is 2. The number of carbonyl (C=O) groups is 1. The molecule has 1 amide bonds. The van der Waals surface area contributed by atoms with Gasteiger partial charge in [-0.25, -0.2) is 5.01 Å². The Hall–Kier alpha value is -0.900. The van der Waals surface area contributed by atoms with E-state index in [9.17, 15) is 4.79 Å². The number of likely N-dealkylation sites (tertiary alicyclic amines) is 1. The van der Waals surface area contributed by atoms with Crippen LogP contribution in [0.1, 0.15) is 26.2 Å². The van der Waals surface area contributed by atoms with Crippen molar-refractivity contribution in [1.82, 2.24) is 9.91 Å². The summed E-state index contributed by atoms with van der Waals surface area (Å²) in [6.07, 6.45) is 2.90. The topological polar surface area (TPSA) is 35.9 Å². The number of piperidine rings is 1. The van der Waals surface area contributed by atoms with Crippen LogP contribution in [0.15, 0.2) is 5.10 Å². The standard InChI is InChI=1S/C11H19N3O/c1-4-6-11-8-13(2)7-5-9(11)12-14(3)10(11)15/h4-8H2,1-3H3. The smallest absolute Gasteiger partial charge is 0.255 e. The van der Waals surface area contributed by atoms with Crippen LogP contribution in [0.3, 0.4) is 0 Å². The molecule has 2 heterocycles. The lowest BCUT2D eigenvalue weighted by Gasteiger charge is -2.37. The van der Waals surface area contributed by atoms with E-state index in [1.54, 1.807) is 7.05 Å². The monoisotopic (exact) mass is 209 g/mol. The van der Waals surface area contributed by atoms with Gasteiger partial charge in [0.15, 0.2) is 0 Å². The number of hydrogen-bond acceptors (Lipinski definition) is 3. The third kappa shape index (κ3) is 1.47. The molecule has 0 aromatic carbocycles. The Morgan fingerprint density at radius 1 is 1.47 bits per heavy atom. The van der Waals surface area contributed by atoms with Gasteiger partial charge in [0.05, 0.1) is 5.71 Å². The van der Waals surface area contributed by atoms with Crippen molar-refractivity contribution in [2.24, 2.45) is 10.5 Å². The van der Waals surface area contributed by atoms with Gasteiger partial charge in [0.25, 0.3) is 5.91 Å². The lowest BCUT2D eigenvalue weighted by atomic mass is 9.74. The number of hydrogen-bond donors (Lipinski definition) is 0. The van der Waals surface area contributed by atoms with Gasteiger partial charge in [0.1, 0.15) is 5.41 Å². The van der Waals surface area contributed by atoms with Crippen LogP contribution in [0, 0.1) is 5.41 Å². The van der Waals surface area contributed by atoms with Gasteiger partial charge in [-0.1, -0.05) is 13.3 Å². The quantitative estimate of drug-likeness (QED) is 0.678. The summed E-state index contributed by atoms with van der Waals surface area (Å²) >= 11 is 0. The Balaban J connectivity index is 2.33. The lowest BCUT2D eigenvalue weighted by Crippen LogP contribution is -2.51. The van der Waals surface area contributed by atoms with Crippen molar-refractivity contribution < 1.29 is 4.79 Å². The van der Waals surface area contributed by atoms with Crippen molar-refractivity contribution in [3.8, 4) is 0 Å². The van der Waals surface area contributed by atoms with Crippen LogP contribution < -0.4 is 0 Å². The minimum Gasteiger partial charge on any atom is -0.305 e. The predicted molar refractivity (Wildman–Crippen MR) is 59.7 cm³/mol. The molecular formula is C11H19N3O. The second kappa shape index (κ2) is 3.59. The fourth-order valence-electron chi connectivity index (χ4n) is 2.80. The lowest BCUT2D eigenvalue weighted by molar-refractivity contribution is -0.136. The van der Waals surface area contributed by atoms with Crippen LogP contribution in [-0.2, 0) is 4.79 Å². The molecule has 4 nitrogen and oxygen atoms in total. The van der Waals surface area contributed by atoms with E-state index in [1.807, 2.05) is 0 Å². The molecule has 4 heteroatoms. The summed E-state index contributed by atoms with van der Waals surface area (Å²) in [6.45, 7) is 3.99. The van der Waals surface area contributed by atoms with Gasteiger partial charge in [0.2, 0.25) is 0 Å². The molecule has 0 aliphatic carbocycles. The van der Waals surface area contributed by atoms with E-state index in [1.165, 1.54) is 5.01 Å². The Morgan fingerprint density at radius 2 is 2.20 bits per heavy atom. The minimum absolute atomic E-state index is 0.186. The summed E-state index contributed by atoms with van der Waals surface area (Å²) in [5.74, 6) is 0.186. The zero-order valence-corrected chi connectivity index (χ0v) is 9.79. The molecule has 2 aliphatic heterocycles. The first kappa shape index (κ1) is 10.6. The van der Waals surface area contributed by atoms with Crippen LogP contribution in [0.5, 0.6) is 0 Å². The molecular weight excluding hydrogens is 190 g/mol. The van der Waals surface area contributed by atoms with Crippen molar-refractivity contribution >= 4 is 11.6 Å². The average Bonchev–Trinajstić information content (AvgIpc) is 2.42. The fourth-order valence-corrected chi connectivity index (χ4v) is 2.80. The highest BCUT2D eigenvalue weighted by atomic mass is 16.2. The predicted octanol–water partition coefficient (Wildman–Crippen LogP) is 0.936. The van der Waals surface area contributed by atoms with E-state index < -0.39 is 0 Å². The van der Waals surface area contributed by atoms with Crippen LogP contribution in [0.2, 0.25) is 0 Å². The highest BCUT2D eigenvalue weighted by Gasteiger charge is 2.51. The first-order chi connectivity index (χ1) is 7.10. The molecule has 0 spiro atoms. The molecule has 0 bridgehead atoms. The SMILES string of the molecule is CCCC12CN(C)CCC1=NN(C)C2=O. The Kier molecular flexibility index (Phi) is 2.54. The third-order valence-electron chi connectivity index (χ3n) is 3.47. The maximum atomic E-state index is 12.2. The van der Waals surface area contributed by atoms with E-state index in [2.05, 4.69) is 24.0 Å². The van der Waals surface area contributed by atoms with Crippen LogP contribution >= 0.6 is 0 Å². The molecule has 1 fully saturated rings. The molecule has 2 rings (SSSR count). The summed E-state index contributed by atoms with van der Waals surface area (Å²) < 4.78 is 0. The van der Waals surface area contributed by atoms with Gasteiger partial charge >= 0.3 is 0 Å². The zero-order valence-electron chi connectivity index (χ0n) is 9.79. The molecule has 0 aromatic heterocycles. The number of hydrazone groups is 1. The van der Waals surface area contributed by atoms with Gasteiger partial charge in [-0.15, -0.1) is 0 Å². The molecule has 15 heavy (non-hydrogen) atoms. The Bertz CT molecular complexity index is 313. The van der Waals surface area contributed by atoms with Gasteiger partial charge in [-0.2, -0.15) is 5.10 Å². The number of carbonyl (C=O) groups excluding carboxylic acids is 1. The van der Waals surface area contributed by atoms with Gasteiger partial charge < -0.3 is 4.90 Å². The van der Waals surface area contributed by atoms with E-state index in [4.69, 9.17) is 0 Å². The molecule has 84 valence electrons. The second-order valence-corrected chi connectivity index (χ2v) is 4.70. The molecule has 0 saturated carbocycles. The third-order valence-corrected chi connectivity index (χ3v) is 3.47. The summed E-state index contributed by atoms with van der Waals surface area (Å²) in [5.41, 5.74) is 0.811. The summed E-state index contributed by atoms with van der Waals surface area (Å²) in [6, 6.07) is 0. The number of nitrogens with zero attached hydrogens (tertiary/aromatic N) is 3. The first-order valence-corrected chi connectivity index (χ1v) is 5.65. The number of fused-ring (bicyclic) bond motifs is 1. The summed E-state index contributed by atoms with van der Waals surface area (Å²) in [7, 11) is 3.85. The Labute approximate surface area is 90.9 Å². The van der Waals surface area contributed by atoms with Gasteiger partial charge in [-0.3, -0.25) is 4.79 Å². The molecule has 1 saturated heterocycles. The van der Waals surface area contributed by atoms with E-state index in [0.29, 0.717) is 0 Å². The maximum Gasteiger partial charge on any atom is 0.255 e. The summed E-state index contributed by atoms with van der Waals surface area (Å²) in [4.78, 5) is 14.4. The largest absolute Gasteiger partial charge is 0.305 e. The van der Waals surface area contributed by atoms with Gasteiger partial charge in [0, 0.05) is 26.6 Å². The van der Waals surface area contributed by atoms with Crippen molar-refractivity contribution in [1.29, 1.82) is 0 Å². The molecule has 1 unspecified atom stereocenters. The fraction of sp³-hybridized carbons (Fsp3) is 0.818. The van der Waals surface area contributed by atoms with E-state index in [-0.39, 0.29) is 11.3 Å². The molecule has 1 atom stereocenters. The van der Waals surface area contributed by atoms with Gasteiger partial charge in [-0.05, 0) is 13.5 Å². The molecule has 0 aromatic rings. The summed E-state index contributed by atoms with van der Waals surface area (Å²) in [5, 5.41) is 5.92. The molecule has 0 radical (unpaired) electrons. The molecule has 0 N–H and O–H groups in total. The van der Waals surface area contributed by atoms with Crippen molar-refractivity contribution in [2.75, 3.05) is 27.2 Å². The molecule has 2 aliphatic rings. The average molecular weight is 209 g/mol. The zero-order chi connectivity index (χ0) is 11.1. The van der Waals surface area contributed by atoms with Crippen LogP contribution in [0.25, 0.3) is 0 Å². The first-order valence-electron chi connectivity index (χ1n) is 5.65. The minimum atomic E-state index is -0.295. The van der Waals surface area contributed by atoms with Crippen molar-refractivity contribution in [3.05, 3.63) is 0 Å². The van der Waals surface area contributed by atoms with Crippen LogP contribution in [0.4, 0.5) is 0 Å². The van der Waals surface area contributed by atoms with Crippen LogP contribution in [-0.4, -0.2) is 48.7 Å². The Morgan fingerprint density at radius 3 is 2.87 bits per heavy atom. The maximum absolute atomic E-state index is 12.2. The highest BCUT2D eigenvalue weighted by molar-refractivity contribution is 6.12. The highest BCUT2D eigenvalue weighted by Crippen LogP contribution is 2.38. The van der Waals surface area contributed by atoms with E-state index >= 15 is 0 Å². The van der Waals surface area contributed by atoms with E-state index in [0.717, 1.165) is 38.1 Å². The second-order valence-electron chi connectivity index (χ2n) is 4.70. The van der Waals surface area contributed by atoms with Crippen molar-refractivity contribution in [2.45, 2.75) is 26.2 Å². The number of amides is 1. The normalized spacial score (nSPS) is 31.8.